The van der Waals surface area contributed by atoms with Crippen LogP contribution in [0.5, 0.6) is 11.5 Å². The average Bonchev–Trinajstić information content (AvgIpc) is 3.34. The summed E-state index contributed by atoms with van der Waals surface area (Å²) in [6, 6.07) is 5.17. The van der Waals surface area contributed by atoms with Crippen LogP contribution in [-0.4, -0.2) is 39.9 Å². The second kappa shape index (κ2) is 7.88. The molecule has 1 aliphatic rings. The highest BCUT2D eigenvalue weighted by Crippen LogP contribution is 2.28. The fraction of sp³-hybridized carbons (Fsp3) is 0.562. The molecule has 1 amide bonds. The SMILES string of the molecule is COc1ccc(OC)c(C(=O)NCCCOCC2CC2)c1. The van der Waals surface area contributed by atoms with E-state index >= 15 is 0 Å². The van der Waals surface area contributed by atoms with Crippen molar-refractivity contribution in [3.8, 4) is 11.5 Å². The second-order valence-electron chi connectivity index (χ2n) is 5.19. The van der Waals surface area contributed by atoms with E-state index in [0.717, 1.165) is 18.9 Å². The molecule has 0 atom stereocenters. The normalized spacial score (nSPS) is 13.8. The number of nitrogens with one attached hydrogen (secondary N) is 1. The highest BCUT2D eigenvalue weighted by Gasteiger charge is 2.20. The first-order valence-electron chi connectivity index (χ1n) is 7.32. The molecule has 0 aliphatic heterocycles. The first-order chi connectivity index (χ1) is 10.2. The molecule has 21 heavy (non-hydrogen) atoms. The summed E-state index contributed by atoms with van der Waals surface area (Å²) in [6.45, 7) is 2.13. The molecule has 0 unspecified atom stereocenters. The van der Waals surface area contributed by atoms with Crippen molar-refractivity contribution >= 4 is 5.91 Å². The van der Waals surface area contributed by atoms with Crippen molar-refractivity contribution in [2.75, 3.05) is 34.0 Å². The summed E-state index contributed by atoms with van der Waals surface area (Å²) in [5, 5.41) is 2.87. The summed E-state index contributed by atoms with van der Waals surface area (Å²) in [6.07, 6.45) is 3.41. The van der Waals surface area contributed by atoms with Crippen LogP contribution in [-0.2, 0) is 4.74 Å². The maximum atomic E-state index is 12.2. The van der Waals surface area contributed by atoms with Gasteiger partial charge in [0.05, 0.1) is 19.8 Å². The Bertz CT molecular complexity index is 471. The van der Waals surface area contributed by atoms with Crippen LogP contribution in [0.2, 0.25) is 0 Å². The van der Waals surface area contributed by atoms with Crippen molar-refractivity contribution < 1.29 is 19.0 Å². The van der Waals surface area contributed by atoms with Gasteiger partial charge in [0.2, 0.25) is 0 Å². The Balaban J connectivity index is 1.75. The molecule has 5 nitrogen and oxygen atoms in total. The zero-order chi connectivity index (χ0) is 15.1. The van der Waals surface area contributed by atoms with Crippen LogP contribution < -0.4 is 14.8 Å². The molecule has 0 heterocycles. The van der Waals surface area contributed by atoms with Crippen LogP contribution in [0.4, 0.5) is 0 Å². The predicted molar refractivity (Wildman–Crippen MR) is 80.0 cm³/mol. The molecule has 5 heteroatoms. The van der Waals surface area contributed by atoms with E-state index in [9.17, 15) is 4.79 Å². The monoisotopic (exact) mass is 293 g/mol. The fourth-order valence-electron chi connectivity index (χ4n) is 2.00. The van der Waals surface area contributed by atoms with Gasteiger partial charge in [-0.2, -0.15) is 0 Å². The minimum Gasteiger partial charge on any atom is -0.497 e. The van der Waals surface area contributed by atoms with Crippen LogP contribution >= 0.6 is 0 Å². The second-order valence-corrected chi connectivity index (χ2v) is 5.19. The van der Waals surface area contributed by atoms with E-state index in [2.05, 4.69) is 5.32 Å². The van der Waals surface area contributed by atoms with Gasteiger partial charge in [-0.05, 0) is 43.4 Å². The van der Waals surface area contributed by atoms with Gasteiger partial charge in [-0.15, -0.1) is 0 Å². The molecule has 1 fully saturated rings. The van der Waals surface area contributed by atoms with Crippen LogP contribution in [0, 0.1) is 5.92 Å². The van der Waals surface area contributed by atoms with Crippen molar-refractivity contribution in [2.45, 2.75) is 19.3 Å². The smallest absolute Gasteiger partial charge is 0.255 e. The van der Waals surface area contributed by atoms with Gasteiger partial charge in [0.15, 0.2) is 0 Å². The first-order valence-corrected chi connectivity index (χ1v) is 7.32. The number of hydrogen-bond donors (Lipinski definition) is 1. The van der Waals surface area contributed by atoms with Gasteiger partial charge in [-0.1, -0.05) is 0 Å². The van der Waals surface area contributed by atoms with Gasteiger partial charge in [0, 0.05) is 19.8 Å². The van der Waals surface area contributed by atoms with Crippen LogP contribution in [0.3, 0.4) is 0 Å². The van der Waals surface area contributed by atoms with Gasteiger partial charge in [-0.3, -0.25) is 4.79 Å². The number of carbonyl (C=O) groups excluding carboxylic acids is 1. The number of rotatable bonds is 9. The largest absolute Gasteiger partial charge is 0.497 e. The Hall–Kier alpha value is -1.75. The van der Waals surface area contributed by atoms with E-state index < -0.39 is 0 Å². The molecular weight excluding hydrogens is 270 g/mol. The van der Waals surface area contributed by atoms with Crippen molar-refractivity contribution in [3.05, 3.63) is 23.8 Å². The first kappa shape index (κ1) is 15.6. The number of amides is 1. The molecule has 2 rings (SSSR count). The Morgan fingerprint density at radius 3 is 2.76 bits per heavy atom. The molecule has 0 spiro atoms. The summed E-state index contributed by atoms with van der Waals surface area (Å²) in [4.78, 5) is 12.2. The third-order valence-corrected chi connectivity index (χ3v) is 3.45. The molecule has 0 aromatic heterocycles. The minimum absolute atomic E-state index is 0.159. The number of hydrogen-bond acceptors (Lipinski definition) is 4. The van der Waals surface area contributed by atoms with Crippen molar-refractivity contribution in [3.63, 3.8) is 0 Å². The van der Waals surface area contributed by atoms with Gasteiger partial charge < -0.3 is 19.5 Å². The third kappa shape index (κ3) is 4.93. The van der Waals surface area contributed by atoms with Gasteiger partial charge in [0.1, 0.15) is 11.5 Å². The number of methoxy groups -OCH3 is 2. The standard InChI is InChI=1S/C16H23NO4/c1-19-13-6-7-15(20-2)14(10-13)16(18)17-8-3-9-21-11-12-4-5-12/h6-7,10,12H,3-5,8-9,11H2,1-2H3,(H,17,18). The summed E-state index contributed by atoms with van der Waals surface area (Å²) in [5.41, 5.74) is 0.482. The van der Waals surface area contributed by atoms with Crippen LogP contribution in [0.25, 0.3) is 0 Å². The summed E-state index contributed by atoms with van der Waals surface area (Å²) in [5.74, 6) is 1.79. The minimum atomic E-state index is -0.159. The average molecular weight is 293 g/mol. The molecule has 0 radical (unpaired) electrons. The lowest BCUT2D eigenvalue weighted by Gasteiger charge is -2.11. The van der Waals surface area contributed by atoms with Crippen molar-refractivity contribution in [2.24, 2.45) is 5.92 Å². The Labute approximate surface area is 125 Å². The topological polar surface area (TPSA) is 56.8 Å². The van der Waals surface area contributed by atoms with E-state index in [1.54, 1.807) is 32.4 Å². The zero-order valence-corrected chi connectivity index (χ0v) is 12.7. The fourth-order valence-corrected chi connectivity index (χ4v) is 2.00. The van der Waals surface area contributed by atoms with E-state index in [4.69, 9.17) is 14.2 Å². The van der Waals surface area contributed by atoms with Gasteiger partial charge in [-0.25, -0.2) is 0 Å². The molecule has 1 aromatic carbocycles. The van der Waals surface area contributed by atoms with Crippen molar-refractivity contribution in [1.29, 1.82) is 0 Å². The predicted octanol–water partition coefficient (Wildman–Crippen LogP) is 2.25. The number of ether oxygens (including phenoxy) is 3. The molecule has 0 bridgehead atoms. The van der Waals surface area contributed by atoms with Crippen LogP contribution in [0.15, 0.2) is 18.2 Å². The maximum absolute atomic E-state index is 12.2. The van der Waals surface area contributed by atoms with Gasteiger partial charge >= 0.3 is 0 Å². The lowest BCUT2D eigenvalue weighted by atomic mass is 10.1. The van der Waals surface area contributed by atoms with E-state index in [-0.39, 0.29) is 5.91 Å². The summed E-state index contributed by atoms with van der Waals surface area (Å²) in [7, 11) is 3.12. The maximum Gasteiger partial charge on any atom is 0.255 e. The molecule has 0 saturated heterocycles. The highest BCUT2D eigenvalue weighted by molar-refractivity contribution is 5.97. The molecule has 1 N–H and O–H groups in total. The number of carbonyl (C=O) groups is 1. The zero-order valence-electron chi connectivity index (χ0n) is 12.7. The molecular formula is C16H23NO4. The van der Waals surface area contributed by atoms with E-state index in [0.29, 0.717) is 30.2 Å². The highest BCUT2D eigenvalue weighted by atomic mass is 16.5. The van der Waals surface area contributed by atoms with Gasteiger partial charge in [0.25, 0.3) is 5.91 Å². The molecule has 1 aromatic rings. The lowest BCUT2D eigenvalue weighted by Crippen LogP contribution is -2.25. The quantitative estimate of drug-likeness (QED) is 0.710. The van der Waals surface area contributed by atoms with Crippen molar-refractivity contribution in [1.82, 2.24) is 5.32 Å². The Kier molecular flexibility index (Phi) is 5.87. The van der Waals surface area contributed by atoms with E-state index in [1.807, 2.05) is 0 Å². The third-order valence-electron chi connectivity index (χ3n) is 3.45. The molecule has 1 saturated carbocycles. The number of benzene rings is 1. The van der Waals surface area contributed by atoms with E-state index in [1.165, 1.54) is 12.8 Å². The Morgan fingerprint density at radius 1 is 1.29 bits per heavy atom. The van der Waals surface area contributed by atoms with Crippen LogP contribution in [0.1, 0.15) is 29.6 Å². The molecule has 116 valence electrons. The summed E-state index contributed by atoms with van der Waals surface area (Å²) < 4.78 is 15.9. The molecule has 1 aliphatic carbocycles. The Morgan fingerprint density at radius 2 is 2.10 bits per heavy atom. The lowest BCUT2D eigenvalue weighted by molar-refractivity contribution is 0.0934. The summed E-state index contributed by atoms with van der Waals surface area (Å²) >= 11 is 0.